The number of benzene rings is 4. The van der Waals surface area contributed by atoms with Crippen LogP contribution in [0.25, 0.3) is 43.8 Å². The van der Waals surface area contributed by atoms with Gasteiger partial charge in [-0.2, -0.15) is 12.1 Å². The molecule has 6 aromatic rings. The average Bonchev–Trinajstić information content (AvgIpc) is 3.91. The smallest absolute Gasteiger partial charge is 0.0162 e. The van der Waals surface area contributed by atoms with E-state index in [0.717, 1.165) is 33.7 Å². The van der Waals surface area contributed by atoms with Crippen LogP contribution in [0.1, 0.15) is 143 Å². The zero-order valence-corrected chi connectivity index (χ0v) is 39.2. The molecule has 0 unspecified atom stereocenters. The van der Waals surface area contributed by atoms with E-state index in [1.54, 1.807) is 11.1 Å². The van der Waals surface area contributed by atoms with E-state index < -0.39 is 20.8 Å². The molecule has 0 aromatic heterocycles. The van der Waals surface area contributed by atoms with Crippen LogP contribution in [0.2, 0.25) is 13.1 Å². The minimum atomic E-state index is -0.826. The van der Waals surface area contributed by atoms with Crippen molar-refractivity contribution in [1.29, 1.82) is 0 Å². The molecule has 3 aliphatic carbocycles. The summed E-state index contributed by atoms with van der Waals surface area (Å²) in [5, 5.41) is 5.64. The number of hydrogen-bond donors (Lipinski definition) is 0. The van der Waals surface area contributed by atoms with Crippen molar-refractivity contribution in [2.45, 2.75) is 141 Å². The van der Waals surface area contributed by atoms with E-state index in [4.69, 9.17) is 17.0 Å². The van der Waals surface area contributed by atoms with Crippen LogP contribution in [0.5, 0.6) is 0 Å². The second kappa shape index (κ2) is 22.8. The SMILES string of the molecule is CCc1cc2c(-c3ccc(C4CCCCC4)cc3)cccc2[cH-]1.C[Si]C.[Cl][Zr+2][Cl].c1cc(-c2ccc(C3CCCCC3)cc2)c2cc(C3CCCCC3)[cH-]c2c1. The van der Waals surface area contributed by atoms with Crippen molar-refractivity contribution in [3.05, 3.63) is 131 Å². The Kier molecular flexibility index (Phi) is 17.7. The molecule has 3 fully saturated rings. The monoisotopic (exact) mass is 874 g/mol. The molecule has 0 N–H and O–H groups in total. The van der Waals surface area contributed by atoms with Gasteiger partial charge < -0.3 is 0 Å². The van der Waals surface area contributed by atoms with E-state index in [9.17, 15) is 0 Å². The van der Waals surface area contributed by atoms with Crippen LogP contribution in [0.15, 0.2) is 109 Å². The van der Waals surface area contributed by atoms with Crippen LogP contribution < -0.4 is 0 Å². The summed E-state index contributed by atoms with van der Waals surface area (Å²) in [6, 6.07) is 42.1. The van der Waals surface area contributed by atoms with E-state index in [0.29, 0.717) is 0 Å². The van der Waals surface area contributed by atoms with Crippen molar-refractivity contribution in [2.24, 2.45) is 0 Å². The van der Waals surface area contributed by atoms with Crippen molar-refractivity contribution in [1.82, 2.24) is 0 Å². The van der Waals surface area contributed by atoms with Gasteiger partial charge in [-0.15, -0.1) is 69.1 Å². The molecule has 9 rings (SSSR count). The summed E-state index contributed by atoms with van der Waals surface area (Å²) in [6.07, 6.45) is 22.1. The van der Waals surface area contributed by atoms with Gasteiger partial charge in [0.2, 0.25) is 0 Å². The van der Waals surface area contributed by atoms with E-state index in [1.807, 2.05) is 0 Å². The molecule has 0 bridgehead atoms. The molecule has 0 spiro atoms. The number of fused-ring (bicyclic) bond motifs is 2. The Hall–Kier alpha value is -2.22. The van der Waals surface area contributed by atoms with Gasteiger partial charge in [-0.1, -0.05) is 150 Å². The van der Waals surface area contributed by atoms with Gasteiger partial charge in [0.05, 0.1) is 0 Å². The second-order valence-electron chi connectivity index (χ2n) is 16.4. The third-order valence-corrected chi connectivity index (χ3v) is 12.7. The van der Waals surface area contributed by atoms with Crippen LogP contribution >= 0.6 is 17.0 Å². The average molecular weight is 877 g/mol. The van der Waals surface area contributed by atoms with E-state index >= 15 is 0 Å². The fourth-order valence-corrected chi connectivity index (χ4v) is 9.68. The molecule has 0 atom stereocenters. The maximum Gasteiger partial charge on any atom is -0.0162 e. The van der Waals surface area contributed by atoms with Gasteiger partial charge >= 0.3 is 37.9 Å². The molecule has 0 heterocycles. The topological polar surface area (TPSA) is 0 Å². The van der Waals surface area contributed by atoms with Crippen LogP contribution in [-0.2, 0) is 27.3 Å². The van der Waals surface area contributed by atoms with E-state index in [-0.39, 0.29) is 0 Å². The molecule has 0 nitrogen and oxygen atoms in total. The van der Waals surface area contributed by atoms with Crippen molar-refractivity contribution < 1.29 is 20.8 Å². The largest absolute Gasteiger partial charge is 0.164 e. The van der Waals surface area contributed by atoms with Gasteiger partial charge in [0, 0.05) is 9.52 Å². The Labute approximate surface area is 360 Å². The quantitative estimate of drug-likeness (QED) is 0.116. The van der Waals surface area contributed by atoms with Gasteiger partial charge in [-0.05, 0) is 85.0 Å². The van der Waals surface area contributed by atoms with Crippen molar-refractivity contribution >= 4 is 48.1 Å². The molecule has 0 aliphatic heterocycles. The first-order valence-electron chi connectivity index (χ1n) is 21.7. The number of rotatable bonds is 6. The summed E-state index contributed by atoms with van der Waals surface area (Å²) in [7, 11) is 11.0. The Morgan fingerprint density at radius 3 is 1.36 bits per heavy atom. The molecule has 0 saturated heterocycles. The predicted octanol–water partition coefficient (Wildman–Crippen LogP) is 17.3. The Morgan fingerprint density at radius 2 is 0.929 bits per heavy atom. The fraction of sp³-hybridized carbons (Fsp3) is 0.423. The van der Waals surface area contributed by atoms with Gasteiger partial charge in [-0.25, -0.2) is 0 Å². The second-order valence-corrected chi connectivity index (χ2v) is 21.2. The summed E-state index contributed by atoms with van der Waals surface area (Å²) in [5.74, 6) is 2.37. The van der Waals surface area contributed by atoms with Gasteiger partial charge in [0.25, 0.3) is 0 Å². The fourth-order valence-electron chi connectivity index (χ4n) is 9.68. The predicted molar refractivity (Wildman–Crippen MR) is 246 cm³/mol. The van der Waals surface area contributed by atoms with Crippen molar-refractivity contribution in [3.63, 3.8) is 0 Å². The van der Waals surface area contributed by atoms with Crippen LogP contribution in [0, 0.1) is 0 Å². The summed E-state index contributed by atoms with van der Waals surface area (Å²) >= 11 is -0.826. The summed E-state index contributed by atoms with van der Waals surface area (Å²) in [6.45, 7) is 6.53. The first-order chi connectivity index (χ1) is 27.6. The first-order valence-corrected chi connectivity index (χ1v) is 30.0. The van der Waals surface area contributed by atoms with Crippen LogP contribution in [-0.4, -0.2) is 9.52 Å². The third kappa shape index (κ3) is 11.5. The van der Waals surface area contributed by atoms with Crippen LogP contribution in [0.3, 0.4) is 0 Å². The Bertz CT molecular complexity index is 2020. The molecule has 2 radical (unpaired) electrons. The summed E-state index contributed by atoms with van der Waals surface area (Å²) < 4.78 is 0. The Balaban J connectivity index is 0.000000168. The number of halogens is 2. The zero-order chi connectivity index (χ0) is 39.1. The maximum absolute atomic E-state index is 4.93. The van der Waals surface area contributed by atoms with Crippen molar-refractivity contribution in [2.75, 3.05) is 0 Å². The molecule has 292 valence electrons. The standard InChI is InChI=1S/C27H31.C23H25.C2H6Si.2ClH.Zr/c1-3-8-20(9-4-1)22-14-16-23(17-15-22)26-13-7-12-24-18-25(19-27(24)26)21-10-5-2-6-11-21;1-2-17-15-21-9-6-10-22(23(21)16-17)20-13-11-19(12-14-20)18-7-4-3-5-8-18;1-3-2;;;/h7,12-21H,1-6,8-11H2;6,9-16,18H,2-5,7-8H2,1H3;1-2H3;2*1H;/q2*-1;;;;+4/p-2. The molecule has 3 saturated carbocycles. The van der Waals surface area contributed by atoms with Crippen molar-refractivity contribution in [3.8, 4) is 22.3 Å². The minimum Gasteiger partial charge on any atom is -0.164 e. The van der Waals surface area contributed by atoms with Gasteiger partial charge in [0.15, 0.2) is 0 Å². The maximum atomic E-state index is 4.93. The number of hydrogen-bond acceptors (Lipinski definition) is 0. The molecular formula is C52H62Cl2SiZr. The Morgan fingerprint density at radius 1 is 0.536 bits per heavy atom. The normalized spacial score (nSPS) is 16.5. The molecule has 0 amide bonds. The van der Waals surface area contributed by atoms with Gasteiger partial charge in [-0.3, -0.25) is 0 Å². The zero-order valence-electron chi connectivity index (χ0n) is 34.2. The summed E-state index contributed by atoms with van der Waals surface area (Å²) in [5.41, 5.74) is 11.6. The third-order valence-electron chi connectivity index (χ3n) is 12.7. The van der Waals surface area contributed by atoms with Gasteiger partial charge in [0.1, 0.15) is 0 Å². The summed E-state index contributed by atoms with van der Waals surface area (Å²) in [4.78, 5) is 0. The molecule has 3 aliphatic rings. The van der Waals surface area contributed by atoms with E-state index in [2.05, 4.69) is 129 Å². The first kappa shape index (κ1) is 43.4. The minimum absolute atomic E-state index is 0.785. The number of aryl methyl sites for hydroxylation is 1. The van der Waals surface area contributed by atoms with Crippen LogP contribution in [0.4, 0.5) is 0 Å². The van der Waals surface area contributed by atoms with E-state index in [1.165, 1.54) is 151 Å². The molecule has 6 aromatic carbocycles. The molecular weight excluding hydrogens is 815 g/mol. The molecule has 4 heteroatoms. The molecule has 56 heavy (non-hydrogen) atoms.